The van der Waals surface area contributed by atoms with Gasteiger partial charge in [0.2, 0.25) is 5.91 Å². The van der Waals surface area contributed by atoms with Crippen molar-refractivity contribution >= 4 is 17.5 Å². The number of hydrogen-bond donors (Lipinski definition) is 1. The molecule has 0 aromatic heterocycles. The first-order valence-electron chi connectivity index (χ1n) is 7.16. The molecule has 4 heteroatoms. The zero-order valence-corrected chi connectivity index (χ0v) is 12.6. The van der Waals surface area contributed by atoms with Crippen LogP contribution in [0.5, 0.6) is 0 Å². The highest BCUT2D eigenvalue weighted by atomic mass is 16.2. The third-order valence-electron chi connectivity index (χ3n) is 3.79. The molecule has 0 aliphatic carbocycles. The van der Waals surface area contributed by atoms with Crippen LogP contribution >= 0.6 is 0 Å². The Kier molecular flexibility index (Phi) is 4.12. The van der Waals surface area contributed by atoms with Gasteiger partial charge in [-0.05, 0) is 31.4 Å². The van der Waals surface area contributed by atoms with Crippen molar-refractivity contribution in [3.05, 3.63) is 28.8 Å². The molecule has 20 heavy (non-hydrogen) atoms. The summed E-state index contributed by atoms with van der Waals surface area (Å²) in [5, 5.41) is 2.79. The lowest BCUT2D eigenvalue weighted by Crippen LogP contribution is -2.37. The Balaban J connectivity index is 2.49. The number of anilines is 1. The first-order valence-corrected chi connectivity index (χ1v) is 7.16. The van der Waals surface area contributed by atoms with Crippen LogP contribution in [0.25, 0.3) is 0 Å². The summed E-state index contributed by atoms with van der Waals surface area (Å²) in [5.74, 6) is -0.186. The summed E-state index contributed by atoms with van der Waals surface area (Å²) in [5.41, 5.74) is 4.09. The van der Waals surface area contributed by atoms with E-state index in [4.69, 9.17) is 0 Å². The van der Waals surface area contributed by atoms with Gasteiger partial charge in [0.05, 0.1) is 5.69 Å². The van der Waals surface area contributed by atoms with Gasteiger partial charge < -0.3 is 10.2 Å². The highest BCUT2D eigenvalue weighted by Gasteiger charge is 2.39. The maximum Gasteiger partial charge on any atom is 0.254 e. The molecule has 1 unspecified atom stereocenters. The number of amides is 2. The van der Waals surface area contributed by atoms with Crippen molar-refractivity contribution in [2.45, 2.75) is 46.6 Å². The van der Waals surface area contributed by atoms with Gasteiger partial charge in [-0.2, -0.15) is 0 Å². The fourth-order valence-electron chi connectivity index (χ4n) is 2.81. The Hall–Kier alpha value is -1.84. The minimum absolute atomic E-state index is 0.0129. The second-order valence-corrected chi connectivity index (χ2v) is 5.44. The highest BCUT2D eigenvalue weighted by Crippen LogP contribution is 2.40. The van der Waals surface area contributed by atoms with Gasteiger partial charge in [-0.1, -0.05) is 25.5 Å². The second-order valence-electron chi connectivity index (χ2n) is 5.44. The average molecular weight is 274 g/mol. The van der Waals surface area contributed by atoms with Crippen molar-refractivity contribution in [1.82, 2.24) is 5.32 Å². The molecule has 1 aliphatic rings. The van der Waals surface area contributed by atoms with Crippen LogP contribution in [0, 0.1) is 13.8 Å². The van der Waals surface area contributed by atoms with Crippen molar-refractivity contribution in [1.29, 1.82) is 0 Å². The lowest BCUT2D eigenvalue weighted by atomic mass is 9.99. The van der Waals surface area contributed by atoms with Crippen LogP contribution in [-0.2, 0) is 9.59 Å². The molecule has 2 rings (SSSR count). The number of carbonyl (C=O) groups is 2. The summed E-state index contributed by atoms with van der Waals surface area (Å²) in [6, 6.07) is 3.52. The Morgan fingerprint density at radius 1 is 1.30 bits per heavy atom. The van der Waals surface area contributed by atoms with Gasteiger partial charge in [0.25, 0.3) is 5.91 Å². The third-order valence-corrected chi connectivity index (χ3v) is 3.79. The van der Waals surface area contributed by atoms with E-state index >= 15 is 0 Å². The van der Waals surface area contributed by atoms with Crippen LogP contribution in [0.15, 0.2) is 12.1 Å². The van der Waals surface area contributed by atoms with Crippen molar-refractivity contribution in [2.75, 3.05) is 11.4 Å². The molecule has 2 amide bonds. The SMILES string of the molecule is CCCCN1C(=O)C(NC(C)=O)c2c(C)ccc(C)c21. The predicted molar refractivity (Wildman–Crippen MR) is 79.7 cm³/mol. The van der Waals surface area contributed by atoms with Gasteiger partial charge >= 0.3 is 0 Å². The van der Waals surface area contributed by atoms with Gasteiger partial charge in [0.1, 0.15) is 6.04 Å². The van der Waals surface area contributed by atoms with E-state index in [1.807, 2.05) is 30.9 Å². The number of rotatable bonds is 4. The van der Waals surface area contributed by atoms with E-state index in [2.05, 4.69) is 12.2 Å². The Bertz CT molecular complexity index is 552. The highest BCUT2D eigenvalue weighted by molar-refractivity contribution is 6.07. The molecule has 0 radical (unpaired) electrons. The van der Waals surface area contributed by atoms with Gasteiger partial charge in [-0.25, -0.2) is 0 Å². The molecule has 0 saturated heterocycles. The van der Waals surface area contributed by atoms with E-state index < -0.39 is 6.04 Å². The summed E-state index contributed by atoms with van der Waals surface area (Å²) < 4.78 is 0. The number of benzene rings is 1. The summed E-state index contributed by atoms with van der Waals surface area (Å²) in [6.07, 6.45) is 2.00. The molecule has 1 aromatic carbocycles. The number of hydrogen-bond acceptors (Lipinski definition) is 2. The standard InChI is InChI=1S/C16H22N2O2/c1-5-6-9-18-15-11(3)8-7-10(2)13(15)14(16(18)20)17-12(4)19/h7-8,14H,5-6,9H2,1-4H3,(H,17,19). The number of carbonyl (C=O) groups excluding carboxylic acids is 2. The van der Waals surface area contributed by atoms with E-state index in [1.165, 1.54) is 6.92 Å². The van der Waals surface area contributed by atoms with Crippen LogP contribution in [0.4, 0.5) is 5.69 Å². The van der Waals surface area contributed by atoms with Gasteiger partial charge in [-0.3, -0.25) is 9.59 Å². The molecule has 108 valence electrons. The maximum absolute atomic E-state index is 12.6. The average Bonchev–Trinajstić information content (AvgIpc) is 2.66. The summed E-state index contributed by atoms with van der Waals surface area (Å²) in [4.78, 5) is 25.8. The molecule has 1 N–H and O–H groups in total. The van der Waals surface area contributed by atoms with Crippen LogP contribution in [0.3, 0.4) is 0 Å². The lowest BCUT2D eigenvalue weighted by Gasteiger charge is -2.19. The van der Waals surface area contributed by atoms with Crippen molar-refractivity contribution in [3.63, 3.8) is 0 Å². The van der Waals surface area contributed by atoms with Gasteiger partial charge in [0.15, 0.2) is 0 Å². The first kappa shape index (κ1) is 14.6. The fraction of sp³-hybridized carbons (Fsp3) is 0.500. The van der Waals surface area contributed by atoms with Crippen LogP contribution in [-0.4, -0.2) is 18.4 Å². The van der Waals surface area contributed by atoms with E-state index in [-0.39, 0.29) is 11.8 Å². The van der Waals surface area contributed by atoms with Crippen LogP contribution in [0.2, 0.25) is 0 Å². The summed E-state index contributed by atoms with van der Waals surface area (Å²) in [6.45, 7) is 8.27. The van der Waals surface area contributed by atoms with E-state index in [1.54, 1.807) is 0 Å². The molecular formula is C16H22N2O2. The normalized spacial score (nSPS) is 17.3. The quantitative estimate of drug-likeness (QED) is 0.917. The Labute approximate surface area is 120 Å². The number of fused-ring (bicyclic) bond motifs is 1. The van der Waals surface area contributed by atoms with E-state index in [9.17, 15) is 9.59 Å². The van der Waals surface area contributed by atoms with Crippen molar-refractivity contribution < 1.29 is 9.59 Å². The Morgan fingerprint density at radius 3 is 2.55 bits per heavy atom. The molecule has 0 fully saturated rings. The summed E-state index contributed by atoms with van der Waals surface area (Å²) >= 11 is 0. The summed E-state index contributed by atoms with van der Waals surface area (Å²) in [7, 11) is 0. The molecule has 0 bridgehead atoms. The molecule has 1 atom stereocenters. The smallest absolute Gasteiger partial charge is 0.254 e. The number of aryl methyl sites for hydroxylation is 2. The van der Waals surface area contributed by atoms with Crippen molar-refractivity contribution in [2.24, 2.45) is 0 Å². The molecule has 1 heterocycles. The van der Waals surface area contributed by atoms with Crippen LogP contribution < -0.4 is 10.2 Å². The molecule has 1 aliphatic heterocycles. The monoisotopic (exact) mass is 274 g/mol. The minimum Gasteiger partial charge on any atom is -0.341 e. The fourth-order valence-corrected chi connectivity index (χ4v) is 2.81. The largest absolute Gasteiger partial charge is 0.341 e. The second kappa shape index (κ2) is 5.65. The Morgan fingerprint density at radius 2 is 1.95 bits per heavy atom. The maximum atomic E-state index is 12.6. The van der Waals surface area contributed by atoms with E-state index in [0.717, 1.165) is 35.2 Å². The molecular weight excluding hydrogens is 252 g/mol. The number of nitrogens with zero attached hydrogens (tertiary/aromatic N) is 1. The zero-order chi connectivity index (χ0) is 14.9. The number of unbranched alkanes of at least 4 members (excludes halogenated alkanes) is 1. The number of nitrogens with one attached hydrogen (secondary N) is 1. The third kappa shape index (κ3) is 2.42. The topological polar surface area (TPSA) is 49.4 Å². The van der Waals surface area contributed by atoms with Crippen LogP contribution in [0.1, 0.15) is 49.4 Å². The van der Waals surface area contributed by atoms with Crippen molar-refractivity contribution in [3.8, 4) is 0 Å². The predicted octanol–water partition coefficient (Wildman–Crippen LogP) is 2.63. The zero-order valence-electron chi connectivity index (χ0n) is 12.6. The molecule has 0 spiro atoms. The molecule has 4 nitrogen and oxygen atoms in total. The lowest BCUT2D eigenvalue weighted by molar-refractivity contribution is -0.126. The van der Waals surface area contributed by atoms with E-state index in [0.29, 0.717) is 6.54 Å². The minimum atomic E-state index is -0.528. The van der Waals surface area contributed by atoms with Gasteiger partial charge in [-0.15, -0.1) is 0 Å². The van der Waals surface area contributed by atoms with Gasteiger partial charge in [0, 0.05) is 19.0 Å². The first-order chi connectivity index (χ1) is 9.47. The molecule has 0 saturated carbocycles. The molecule has 1 aromatic rings.